The topological polar surface area (TPSA) is 134 Å². The number of ether oxygens (including phenoxy) is 3. The second-order valence-electron chi connectivity index (χ2n) is 8.03. The van der Waals surface area contributed by atoms with Crippen molar-refractivity contribution in [2.75, 3.05) is 13.2 Å². The van der Waals surface area contributed by atoms with Gasteiger partial charge in [0.05, 0.1) is 19.6 Å². The maximum Gasteiger partial charge on any atom is 0.344 e. The predicted octanol–water partition coefficient (Wildman–Crippen LogP) is 4.02. The van der Waals surface area contributed by atoms with Gasteiger partial charge in [0, 0.05) is 25.0 Å². The Hall–Kier alpha value is -4.47. The third-order valence-corrected chi connectivity index (χ3v) is 5.24. The summed E-state index contributed by atoms with van der Waals surface area (Å²) >= 11 is 0. The normalized spacial score (nSPS) is 10.9. The number of nitrogens with zero attached hydrogens (tertiary/aromatic N) is 1. The molecular weight excluding hydrogens is 480 g/mol. The highest BCUT2D eigenvalue weighted by Crippen LogP contribution is 2.27. The van der Waals surface area contributed by atoms with E-state index in [1.54, 1.807) is 51.3 Å². The summed E-state index contributed by atoms with van der Waals surface area (Å²) in [5.41, 5.74) is -0.509. The average Bonchev–Trinajstić information content (AvgIpc) is 3.30. The van der Waals surface area contributed by atoms with Gasteiger partial charge in [0.25, 0.3) is 0 Å². The summed E-state index contributed by atoms with van der Waals surface area (Å²) in [4.78, 5) is 54.7. The maximum absolute atomic E-state index is 13.1. The van der Waals surface area contributed by atoms with Crippen LogP contribution in [0.2, 0.25) is 0 Å². The summed E-state index contributed by atoms with van der Waals surface area (Å²) < 4.78 is 21.1. The fourth-order valence-corrected chi connectivity index (χ4v) is 3.56. The molecule has 0 atom stereocenters. The molecular formula is C27H28N2O8. The molecule has 0 saturated carbocycles. The van der Waals surface area contributed by atoms with Gasteiger partial charge in [0.1, 0.15) is 23.5 Å². The number of oxazole rings is 1. The van der Waals surface area contributed by atoms with E-state index >= 15 is 0 Å². The molecule has 0 aliphatic carbocycles. The lowest BCUT2D eigenvalue weighted by atomic mass is 9.89. The molecule has 1 amide bonds. The zero-order chi connectivity index (χ0) is 27.0. The fraction of sp³-hybridized carbons (Fsp3) is 0.296. The van der Waals surface area contributed by atoms with Crippen LogP contribution in [0.1, 0.15) is 43.4 Å². The third-order valence-electron chi connectivity index (χ3n) is 5.24. The second-order valence-corrected chi connectivity index (χ2v) is 8.03. The number of ketones is 1. The van der Waals surface area contributed by atoms with Gasteiger partial charge in [0.15, 0.2) is 11.7 Å². The lowest BCUT2D eigenvalue weighted by Crippen LogP contribution is -2.62. The molecule has 37 heavy (non-hydrogen) atoms. The molecule has 0 radical (unpaired) electrons. The number of aromatic nitrogens is 1. The smallest absolute Gasteiger partial charge is 0.344 e. The molecule has 0 fully saturated rings. The van der Waals surface area contributed by atoms with E-state index in [1.165, 1.54) is 12.1 Å². The predicted molar refractivity (Wildman–Crippen MR) is 132 cm³/mol. The Morgan fingerprint density at radius 3 is 1.89 bits per heavy atom. The Morgan fingerprint density at radius 2 is 1.43 bits per heavy atom. The molecule has 10 heteroatoms. The molecule has 1 N–H and O–H groups in total. The average molecular weight is 509 g/mol. The number of hydrogen-bond acceptors (Lipinski definition) is 9. The van der Waals surface area contributed by atoms with Gasteiger partial charge in [-0.25, -0.2) is 14.6 Å². The van der Waals surface area contributed by atoms with Crippen molar-refractivity contribution in [3.63, 3.8) is 0 Å². The third kappa shape index (κ3) is 6.60. The zero-order valence-corrected chi connectivity index (χ0v) is 21.0. The largest absolute Gasteiger partial charge is 0.464 e. The van der Waals surface area contributed by atoms with E-state index in [2.05, 4.69) is 10.3 Å². The van der Waals surface area contributed by atoms with Gasteiger partial charge in [-0.2, -0.15) is 0 Å². The Labute approximate surface area is 213 Å². The molecule has 0 bridgehead atoms. The molecule has 1 heterocycles. The van der Waals surface area contributed by atoms with Gasteiger partial charge in [0.2, 0.25) is 11.4 Å². The monoisotopic (exact) mass is 508 g/mol. The van der Waals surface area contributed by atoms with Crippen LogP contribution >= 0.6 is 0 Å². The fourth-order valence-electron chi connectivity index (χ4n) is 3.56. The summed E-state index contributed by atoms with van der Waals surface area (Å²) in [6, 6.07) is 13.4. The lowest BCUT2D eigenvalue weighted by molar-refractivity contribution is -0.167. The number of benzene rings is 2. The van der Waals surface area contributed by atoms with Gasteiger partial charge in [-0.05, 0) is 62.4 Å². The van der Waals surface area contributed by atoms with E-state index in [0.29, 0.717) is 23.1 Å². The summed E-state index contributed by atoms with van der Waals surface area (Å²) in [6.45, 7) is 5.87. The first kappa shape index (κ1) is 27.1. The van der Waals surface area contributed by atoms with Crippen LogP contribution in [0.5, 0.6) is 11.5 Å². The molecule has 194 valence electrons. The summed E-state index contributed by atoms with van der Waals surface area (Å²) in [6.07, 6.45) is 0.902. The Kier molecular flexibility index (Phi) is 8.78. The second kappa shape index (κ2) is 12.0. The molecule has 0 spiro atoms. The number of amides is 1. The van der Waals surface area contributed by atoms with Gasteiger partial charge in [-0.1, -0.05) is 0 Å². The number of rotatable bonds is 11. The Morgan fingerprint density at radius 1 is 0.892 bits per heavy atom. The van der Waals surface area contributed by atoms with Gasteiger partial charge >= 0.3 is 11.9 Å². The molecule has 0 aliphatic heterocycles. The van der Waals surface area contributed by atoms with E-state index in [1.807, 2.05) is 12.1 Å². The van der Waals surface area contributed by atoms with Gasteiger partial charge in [-0.3, -0.25) is 9.59 Å². The summed E-state index contributed by atoms with van der Waals surface area (Å²) in [7, 11) is 0. The van der Waals surface area contributed by atoms with E-state index in [-0.39, 0.29) is 18.8 Å². The Bertz CT molecular complexity index is 1240. The van der Waals surface area contributed by atoms with Crippen molar-refractivity contribution >= 4 is 23.6 Å². The van der Waals surface area contributed by atoms with Crippen LogP contribution in [0.15, 0.2) is 59.2 Å². The number of Topliss-reactive ketones (excluding diaryl/α,β-unsaturated/α-hetero) is 1. The number of carbonyl (C=O) groups excluding carboxylic acids is 4. The molecule has 10 nitrogen and oxygen atoms in total. The van der Waals surface area contributed by atoms with Crippen LogP contribution in [0, 0.1) is 6.92 Å². The Balaban J connectivity index is 1.76. The lowest BCUT2D eigenvalue weighted by Gasteiger charge is -2.29. The minimum absolute atomic E-state index is 0.0565. The number of aryl methyl sites for hydroxylation is 1. The minimum Gasteiger partial charge on any atom is -0.464 e. The summed E-state index contributed by atoms with van der Waals surface area (Å²) in [5.74, 6) is -1.80. The van der Waals surface area contributed by atoms with Crippen molar-refractivity contribution in [2.24, 2.45) is 0 Å². The number of carbonyl (C=O) groups is 4. The van der Waals surface area contributed by atoms with Crippen LogP contribution in [-0.4, -0.2) is 47.4 Å². The molecule has 3 rings (SSSR count). The van der Waals surface area contributed by atoms with Crippen molar-refractivity contribution in [3.8, 4) is 22.8 Å². The first-order valence-electron chi connectivity index (χ1n) is 11.7. The van der Waals surface area contributed by atoms with Gasteiger partial charge < -0.3 is 23.9 Å². The molecule has 0 unspecified atom stereocenters. The number of nitrogens with one attached hydrogen (secondary N) is 1. The zero-order valence-electron chi connectivity index (χ0n) is 21.0. The van der Waals surface area contributed by atoms with Crippen LogP contribution in [-0.2, 0) is 23.9 Å². The molecule has 3 aromatic rings. The summed E-state index contributed by atoms with van der Waals surface area (Å²) in [5, 5.41) is 2.28. The quantitative estimate of drug-likeness (QED) is 0.231. The van der Waals surface area contributed by atoms with Crippen molar-refractivity contribution in [1.29, 1.82) is 0 Å². The van der Waals surface area contributed by atoms with Crippen molar-refractivity contribution in [2.45, 2.75) is 39.7 Å². The van der Waals surface area contributed by atoms with E-state index < -0.39 is 35.6 Å². The van der Waals surface area contributed by atoms with Crippen molar-refractivity contribution < 1.29 is 37.8 Å². The molecule has 2 aromatic carbocycles. The maximum atomic E-state index is 13.1. The highest BCUT2D eigenvalue weighted by Gasteiger charge is 2.51. The standard InChI is InChI=1S/C27H28N2O8/c1-5-34-25(32)27(29-17(3)30,26(33)35-6-2)15-24(31)20-9-13-22(14-10-20)37-21-11-7-19(8-12-21)23-16-36-18(4)28-23/h7-14,16H,5-6,15H2,1-4H3,(H,29,30). The van der Waals surface area contributed by atoms with Crippen molar-refractivity contribution in [3.05, 3.63) is 66.2 Å². The van der Waals surface area contributed by atoms with Crippen molar-refractivity contribution in [1.82, 2.24) is 10.3 Å². The minimum atomic E-state index is -2.30. The highest BCUT2D eigenvalue weighted by molar-refractivity contribution is 6.13. The van der Waals surface area contributed by atoms with Crippen LogP contribution < -0.4 is 10.1 Å². The number of hydrogen-bond donors (Lipinski definition) is 1. The van der Waals surface area contributed by atoms with Gasteiger partial charge in [-0.15, -0.1) is 0 Å². The van der Waals surface area contributed by atoms with E-state index in [9.17, 15) is 19.2 Å². The SMILES string of the molecule is CCOC(=O)C(CC(=O)c1ccc(Oc2ccc(-c3coc(C)n3)cc2)cc1)(NC(C)=O)C(=O)OCC. The molecule has 0 aliphatic rings. The van der Waals surface area contributed by atoms with Crippen LogP contribution in [0.25, 0.3) is 11.3 Å². The van der Waals surface area contributed by atoms with E-state index in [4.69, 9.17) is 18.6 Å². The van der Waals surface area contributed by atoms with Crippen LogP contribution in [0.4, 0.5) is 0 Å². The first-order valence-corrected chi connectivity index (χ1v) is 11.7. The van der Waals surface area contributed by atoms with Crippen LogP contribution in [0.3, 0.4) is 0 Å². The number of esters is 2. The first-order chi connectivity index (χ1) is 17.7. The molecule has 1 aromatic heterocycles. The highest BCUT2D eigenvalue weighted by atomic mass is 16.6. The van der Waals surface area contributed by atoms with E-state index in [0.717, 1.165) is 12.5 Å². The molecule has 0 saturated heterocycles.